The van der Waals surface area contributed by atoms with Crippen LogP contribution < -0.4 is 9.80 Å². The minimum atomic E-state index is -1.07. The summed E-state index contributed by atoms with van der Waals surface area (Å²) in [5.74, 6) is 1.32. The molecule has 0 bridgehead atoms. The molecule has 8 nitrogen and oxygen atoms in total. The quantitative estimate of drug-likeness (QED) is 0.880. The van der Waals surface area contributed by atoms with Crippen molar-refractivity contribution in [2.75, 3.05) is 36.0 Å². The van der Waals surface area contributed by atoms with Crippen LogP contribution in [0, 0.1) is 6.92 Å². The van der Waals surface area contributed by atoms with Gasteiger partial charge in [-0.3, -0.25) is 0 Å². The maximum atomic E-state index is 10.8. The van der Waals surface area contributed by atoms with Crippen molar-refractivity contribution in [1.29, 1.82) is 0 Å². The van der Waals surface area contributed by atoms with Gasteiger partial charge in [-0.05, 0) is 13.0 Å². The molecule has 114 valence electrons. The van der Waals surface area contributed by atoms with Crippen molar-refractivity contribution in [3.63, 3.8) is 0 Å². The zero-order valence-corrected chi connectivity index (χ0v) is 12.2. The molecule has 1 N–H and O–H groups in total. The summed E-state index contributed by atoms with van der Waals surface area (Å²) in [5.41, 5.74) is -0.0427. The van der Waals surface area contributed by atoms with Gasteiger partial charge in [-0.15, -0.1) is 0 Å². The van der Waals surface area contributed by atoms with Crippen LogP contribution in [0.2, 0.25) is 0 Å². The van der Waals surface area contributed by atoms with Crippen LogP contribution in [0.1, 0.15) is 16.3 Å². The lowest BCUT2D eigenvalue weighted by atomic mass is 10.3. The number of piperazine rings is 1. The molecular weight excluding hydrogens is 284 g/mol. The zero-order chi connectivity index (χ0) is 15.5. The van der Waals surface area contributed by atoms with Crippen molar-refractivity contribution in [2.24, 2.45) is 0 Å². The van der Waals surface area contributed by atoms with Gasteiger partial charge in [0.15, 0.2) is 5.69 Å². The zero-order valence-electron chi connectivity index (χ0n) is 12.2. The molecule has 0 amide bonds. The molecule has 3 heterocycles. The predicted octanol–water partition coefficient (Wildman–Crippen LogP) is 0.600. The average Bonchev–Trinajstić information content (AvgIpc) is 2.55. The molecule has 3 rings (SSSR count). The van der Waals surface area contributed by atoms with E-state index in [4.69, 9.17) is 5.11 Å². The standard InChI is InChI=1S/C14H16N6O2/c1-10-15-3-2-12(18-10)19-4-6-20(7-5-19)13-9-16-11(8-17-13)14(21)22/h2-3,8-9H,4-7H2,1H3,(H,21,22). The first kappa shape index (κ1) is 14.2. The molecule has 0 spiro atoms. The van der Waals surface area contributed by atoms with Gasteiger partial charge in [0.05, 0.1) is 12.4 Å². The fourth-order valence-electron chi connectivity index (χ4n) is 2.38. The van der Waals surface area contributed by atoms with Crippen LogP contribution in [-0.2, 0) is 0 Å². The Balaban J connectivity index is 1.65. The van der Waals surface area contributed by atoms with Gasteiger partial charge in [0.2, 0.25) is 0 Å². The van der Waals surface area contributed by atoms with Crippen LogP contribution in [0.15, 0.2) is 24.7 Å². The molecule has 8 heteroatoms. The lowest BCUT2D eigenvalue weighted by Crippen LogP contribution is -2.47. The van der Waals surface area contributed by atoms with Crippen molar-refractivity contribution in [2.45, 2.75) is 6.92 Å². The number of nitrogens with zero attached hydrogens (tertiary/aromatic N) is 6. The van der Waals surface area contributed by atoms with Gasteiger partial charge < -0.3 is 14.9 Å². The Hall–Kier alpha value is -2.77. The number of aryl methyl sites for hydroxylation is 1. The van der Waals surface area contributed by atoms with Crippen molar-refractivity contribution in [3.8, 4) is 0 Å². The Bertz CT molecular complexity index is 667. The Kier molecular flexibility index (Phi) is 3.82. The Morgan fingerprint density at radius 3 is 2.27 bits per heavy atom. The average molecular weight is 300 g/mol. The maximum Gasteiger partial charge on any atom is 0.356 e. The summed E-state index contributed by atoms with van der Waals surface area (Å²) in [6.45, 7) is 5.07. The van der Waals surface area contributed by atoms with E-state index in [0.717, 1.165) is 37.8 Å². The van der Waals surface area contributed by atoms with Crippen molar-refractivity contribution in [1.82, 2.24) is 19.9 Å². The second-order valence-electron chi connectivity index (χ2n) is 5.00. The van der Waals surface area contributed by atoms with Crippen LogP contribution in [0.5, 0.6) is 0 Å². The normalized spacial score (nSPS) is 15.0. The van der Waals surface area contributed by atoms with E-state index in [1.807, 2.05) is 13.0 Å². The highest BCUT2D eigenvalue weighted by molar-refractivity contribution is 5.84. The number of hydrogen-bond donors (Lipinski definition) is 1. The first-order valence-corrected chi connectivity index (χ1v) is 6.98. The molecule has 0 aliphatic carbocycles. The van der Waals surface area contributed by atoms with Crippen molar-refractivity contribution < 1.29 is 9.90 Å². The maximum absolute atomic E-state index is 10.8. The minimum Gasteiger partial charge on any atom is -0.476 e. The van der Waals surface area contributed by atoms with E-state index in [-0.39, 0.29) is 5.69 Å². The molecule has 0 atom stereocenters. The monoisotopic (exact) mass is 300 g/mol. The van der Waals surface area contributed by atoms with Crippen LogP contribution in [0.25, 0.3) is 0 Å². The highest BCUT2D eigenvalue weighted by Crippen LogP contribution is 2.16. The van der Waals surface area contributed by atoms with E-state index in [1.165, 1.54) is 12.4 Å². The third kappa shape index (κ3) is 2.95. The number of carboxylic acid groups (broad SMARTS) is 1. The summed E-state index contributed by atoms with van der Waals surface area (Å²) in [4.78, 5) is 31.7. The summed E-state index contributed by atoms with van der Waals surface area (Å²) in [7, 11) is 0. The number of rotatable bonds is 3. The SMILES string of the molecule is Cc1nccc(N2CCN(c3cnc(C(=O)O)cn3)CC2)n1. The van der Waals surface area contributed by atoms with Gasteiger partial charge in [0.1, 0.15) is 17.5 Å². The summed E-state index contributed by atoms with van der Waals surface area (Å²) in [5, 5.41) is 8.83. The highest BCUT2D eigenvalue weighted by atomic mass is 16.4. The molecule has 0 unspecified atom stereocenters. The molecule has 2 aromatic rings. The van der Waals surface area contributed by atoms with Gasteiger partial charge >= 0.3 is 5.97 Å². The number of aromatic carboxylic acids is 1. The van der Waals surface area contributed by atoms with E-state index >= 15 is 0 Å². The van der Waals surface area contributed by atoms with Crippen LogP contribution in [0.4, 0.5) is 11.6 Å². The molecule has 2 aromatic heterocycles. The Morgan fingerprint density at radius 2 is 1.73 bits per heavy atom. The summed E-state index contributed by atoms with van der Waals surface area (Å²) in [6.07, 6.45) is 4.56. The first-order chi connectivity index (χ1) is 10.6. The van der Waals surface area contributed by atoms with Gasteiger partial charge in [-0.2, -0.15) is 0 Å². The second-order valence-corrected chi connectivity index (χ2v) is 5.00. The van der Waals surface area contributed by atoms with Crippen LogP contribution >= 0.6 is 0 Å². The fourth-order valence-corrected chi connectivity index (χ4v) is 2.38. The topological polar surface area (TPSA) is 95.3 Å². The highest BCUT2D eigenvalue weighted by Gasteiger charge is 2.19. The minimum absolute atomic E-state index is 0.0427. The predicted molar refractivity (Wildman–Crippen MR) is 80.2 cm³/mol. The molecule has 22 heavy (non-hydrogen) atoms. The molecular formula is C14H16N6O2. The largest absolute Gasteiger partial charge is 0.476 e. The number of carbonyl (C=O) groups is 1. The lowest BCUT2D eigenvalue weighted by Gasteiger charge is -2.35. The summed E-state index contributed by atoms with van der Waals surface area (Å²) >= 11 is 0. The number of aromatic nitrogens is 4. The van der Waals surface area contributed by atoms with Crippen molar-refractivity contribution >= 4 is 17.6 Å². The number of anilines is 2. The van der Waals surface area contributed by atoms with Crippen LogP contribution in [-0.4, -0.2) is 57.2 Å². The Morgan fingerprint density at radius 1 is 1.05 bits per heavy atom. The molecule has 1 aliphatic rings. The van der Waals surface area contributed by atoms with Gasteiger partial charge in [-0.25, -0.2) is 24.7 Å². The molecule has 0 aromatic carbocycles. The molecule has 0 radical (unpaired) electrons. The molecule has 1 fully saturated rings. The van der Waals surface area contributed by atoms with E-state index in [9.17, 15) is 4.79 Å². The number of hydrogen-bond acceptors (Lipinski definition) is 7. The third-order valence-corrected chi connectivity index (χ3v) is 3.55. The van der Waals surface area contributed by atoms with Gasteiger partial charge in [0.25, 0.3) is 0 Å². The first-order valence-electron chi connectivity index (χ1n) is 6.98. The van der Waals surface area contributed by atoms with Gasteiger partial charge in [-0.1, -0.05) is 0 Å². The van der Waals surface area contributed by atoms with Crippen LogP contribution in [0.3, 0.4) is 0 Å². The van der Waals surface area contributed by atoms with E-state index in [2.05, 4.69) is 29.7 Å². The van der Waals surface area contributed by atoms with E-state index in [1.54, 1.807) is 6.20 Å². The molecule has 0 saturated carbocycles. The summed E-state index contributed by atoms with van der Waals surface area (Å²) in [6, 6.07) is 1.91. The molecule has 1 saturated heterocycles. The molecule has 1 aliphatic heterocycles. The lowest BCUT2D eigenvalue weighted by molar-refractivity contribution is 0.0690. The third-order valence-electron chi connectivity index (χ3n) is 3.55. The van der Waals surface area contributed by atoms with Crippen molar-refractivity contribution in [3.05, 3.63) is 36.2 Å². The smallest absolute Gasteiger partial charge is 0.356 e. The number of carboxylic acids is 1. The van der Waals surface area contributed by atoms with Gasteiger partial charge in [0, 0.05) is 32.4 Å². The van der Waals surface area contributed by atoms with E-state index in [0.29, 0.717) is 5.82 Å². The fraction of sp³-hybridized carbons (Fsp3) is 0.357. The Labute approximate surface area is 127 Å². The van der Waals surface area contributed by atoms with E-state index < -0.39 is 5.97 Å². The summed E-state index contributed by atoms with van der Waals surface area (Å²) < 4.78 is 0. The second kappa shape index (κ2) is 5.92.